The molecule has 3 heteroatoms. The van der Waals surface area contributed by atoms with Crippen LogP contribution in [0, 0.1) is 11.8 Å². The quantitative estimate of drug-likeness (QED) is 0.451. The molecule has 2 nitrogen and oxygen atoms in total. The van der Waals surface area contributed by atoms with Crippen molar-refractivity contribution in [3.05, 3.63) is 42.5 Å². The number of hydrogen-bond donors (Lipinski definition) is 0. The first-order valence-corrected chi connectivity index (χ1v) is 10.7. The molecule has 1 rings (SSSR count). The summed E-state index contributed by atoms with van der Waals surface area (Å²) in [7, 11) is -0.334. The fourth-order valence-corrected chi connectivity index (χ4v) is 6.18. The average molecular weight is 305 g/mol. The minimum atomic E-state index is -1.81. The highest BCUT2D eigenvalue weighted by atomic mass is 28.3. The molecule has 0 aromatic heterocycles. The van der Waals surface area contributed by atoms with Crippen molar-refractivity contribution in [1.82, 2.24) is 0 Å². The molecule has 1 aromatic carbocycles. The number of esters is 1. The van der Waals surface area contributed by atoms with Gasteiger partial charge in [0.15, 0.2) is 0 Å². The summed E-state index contributed by atoms with van der Waals surface area (Å²) in [6, 6.07) is 10.6. The number of rotatable bonds is 6. The topological polar surface area (TPSA) is 26.3 Å². The number of ether oxygens (including phenoxy) is 1. The third-order valence-corrected chi connectivity index (χ3v) is 8.35. The molecule has 0 aliphatic heterocycles. The Bertz CT molecular complexity index is 477. The Morgan fingerprint density at radius 3 is 2.14 bits per heavy atom. The van der Waals surface area contributed by atoms with Gasteiger partial charge in [0.2, 0.25) is 0 Å². The lowest BCUT2D eigenvalue weighted by molar-refractivity contribution is -0.144. The minimum absolute atomic E-state index is 0.119. The van der Waals surface area contributed by atoms with E-state index in [9.17, 15) is 4.79 Å². The molecule has 0 saturated heterocycles. The summed E-state index contributed by atoms with van der Waals surface area (Å²) >= 11 is 0. The first kappa shape index (κ1) is 17.7. The summed E-state index contributed by atoms with van der Waals surface area (Å²) in [5.41, 5.74) is 0.231. The number of allylic oxidation sites excluding steroid dienone is 2. The molecule has 0 unspecified atom stereocenters. The predicted octanol–water partition coefficient (Wildman–Crippen LogP) is 3.99. The van der Waals surface area contributed by atoms with E-state index in [0.29, 0.717) is 5.92 Å². The van der Waals surface area contributed by atoms with Gasteiger partial charge < -0.3 is 4.74 Å². The molecule has 0 radical (unpaired) electrons. The van der Waals surface area contributed by atoms with E-state index >= 15 is 0 Å². The molecule has 0 N–H and O–H groups in total. The second-order valence-corrected chi connectivity index (χ2v) is 11.2. The van der Waals surface area contributed by atoms with E-state index in [2.05, 4.69) is 63.4 Å². The molecule has 0 spiro atoms. The molecule has 0 bridgehead atoms. The normalized spacial score (nSPS) is 15.2. The van der Waals surface area contributed by atoms with Gasteiger partial charge in [0.05, 0.1) is 21.1 Å². The highest BCUT2D eigenvalue weighted by Gasteiger charge is 2.38. The van der Waals surface area contributed by atoms with E-state index < -0.39 is 8.07 Å². The van der Waals surface area contributed by atoms with Crippen LogP contribution in [0.25, 0.3) is 0 Å². The van der Waals surface area contributed by atoms with Crippen molar-refractivity contribution in [2.24, 2.45) is 11.8 Å². The van der Waals surface area contributed by atoms with Crippen molar-refractivity contribution >= 4 is 19.2 Å². The largest absolute Gasteiger partial charge is 0.469 e. The summed E-state index contributed by atoms with van der Waals surface area (Å²) in [4.78, 5) is 12.0. The summed E-state index contributed by atoms with van der Waals surface area (Å²) < 4.78 is 4.98. The highest BCUT2D eigenvalue weighted by molar-refractivity contribution is 6.91. The molecule has 1 aromatic rings. The van der Waals surface area contributed by atoms with Crippen LogP contribution >= 0.6 is 0 Å². The molecule has 2 atom stereocenters. The number of carbonyl (C=O) groups is 1. The molecule has 0 heterocycles. The Kier molecular flexibility index (Phi) is 6.40. The van der Waals surface area contributed by atoms with Crippen LogP contribution in [0.4, 0.5) is 0 Å². The molecule has 116 valence electrons. The first-order valence-electron chi connectivity index (χ1n) is 7.62. The molecule has 0 aliphatic carbocycles. The van der Waals surface area contributed by atoms with Gasteiger partial charge in [-0.25, -0.2) is 0 Å². The van der Waals surface area contributed by atoms with E-state index in [4.69, 9.17) is 4.74 Å². The van der Waals surface area contributed by atoms with Crippen molar-refractivity contribution in [2.45, 2.75) is 39.4 Å². The lowest BCUT2D eigenvalue weighted by Crippen LogP contribution is -2.48. The van der Waals surface area contributed by atoms with Gasteiger partial charge in [-0.2, -0.15) is 0 Å². The first-order chi connectivity index (χ1) is 9.80. The number of carbonyl (C=O) groups excluding carboxylic acids is 1. The van der Waals surface area contributed by atoms with Gasteiger partial charge >= 0.3 is 5.97 Å². The van der Waals surface area contributed by atoms with E-state index in [-0.39, 0.29) is 17.4 Å². The molecule has 0 amide bonds. The van der Waals surface area contributed by atoms with Crippen LogP contribution in [-0.2, 0) is 9.53 Å². The maximum atomic E-state index is 12.0. The SMILES string of the molecule is COC(=O)[C@@H](C)[C@H](/C=C/C(C)C)[Si](C)(C)c1ccccc1. The predicted molar refractivity (Wildman–Crippen MR) is 92.5 cm³/mol. The number of benzene rings is 1. The van der Waals surface area contributed by atoms with E-state index in [1.165, 1.54) is 12.3 Å². The van der Waals surface area contributed by atoms with Crippen LogP contribution in [0.2, 0.25) is 18.6 Å². The lowest BCUT2D eigenvalue weighted by atomic mass is 10.1. The third-order valence-electron chi connectivity index (χ3n) is 4.17. The Labute approximate surface area is 130 Å². The molecule has 21 heavy (non-hydrogen) atoms. The van der Waals surface area contributed by atoms with Crippen molar-refractivity contribution < 1.29 is 9.53 Å². The van der Waals surface area contributed by atoms with Gasteiger partial charge in [-0.3, -0.25) is 4.79 Å². The lowest BCUT2D eigenvalue weighted by Gasteiger charge is -2.34. The standard InChI is InChI=1S/C18H28O2Si/c1-14(2)12-13-17(15(3)18(19)20-4)21(5,6)16-10-8-7-9-11-16/h7-15,17H,1-6H3/b13-12+/t15-,17-/m0/s1. The van der Waals surface area contributed by atoms with Gasteiger partial charge in [-0.05, 0) is 11.5 Å². The Morgan fingerprint density at radius 2 is 1.67 bits per heavy atom. The summed E-state index contributed by atoms with van der Waals surface area (Å²) in [5, 5.41) is 1.37. The second-order valence-electron chi connectivity index (χ2n) is 6.55. The highest BCUT2D eigenvalue weighted by Crippen LogP contribution is 2.32. The molecule has 0 saturated carbocycles. The Balaban J connectivity index is 3.19. The van der Waals surface area contributed by atoms with Gasteiger partial charge in [0, 0.05) is 0 Å². The zero-order valence-corrected chi connectivity index (χ0v) is 15.1. The van der Waals surface area contributed by atoms with Crippen LogP contribution in [0.1, 0.15) is 20.8 Å². The van der Waals surface area contributed by atoms with E-state index in [1.54, 1.807) is 0 Å². The van der Waals surface area contributed by atoms with E-state index in [1.807, 2.05) is 13.0 Å². The van der Waals surface area contributed by atoms with Gasteiger partial charge in [0.25, 0.3) is 0 Å². The molecular weight excluding hydrogens is 276 g/mol. The van der Waals surface area contributed by atoms with E-state index in [0.717, 1.165) is 0 Å². The van der Waals surface area contributed by atoms with Crippen LogP contribution in [0.3, 0.4) is 0 Å². The van der Waals surface area contributed by atoms with Crippen LogP contribution in [-0.4, -0.2) is 21.2 Å². The molecule has 0 aliphatic rings. The molecular formula is C18H28O2Si. The van der Waals surface area contributed by atoms with Gasteiger partial charge in [-0.1, -0.05) is 81.5 Å². The second kappa shape index (κ2) is 7.60. The van der Waals surface area contributed by atoms with Gasteiger partial charge in [0.1, 0.15) is 0 Å². The maximum Gasteiger partial charge on any atom is 0.308 e. The summed E-state index contributed by atoms with van der Waals surface area (Å²) in [5.74, 6) is 0.245. The minimum Gasteiger partial charge on any atom is -0.469 e. The van der Waals surface area contributed by atoms with Gasteiger partial charge in [-0.15, -0.1) is 0 Å². The van der Waals surface area contributed by atoms with Crippen molar-refractivity contribution in [2.75, 3.05) is 7.11 Å². The zero-order chi connectivity index (χ0) is 16.0. The van der Waals surface area contributed by atoms with Crippen LogP contribution < -0.4 is 5.19 Å². The smallest absolute Gasteiger partial charge is 0.308 e. The average Bonchev–Trinajstić information content (AvgIpc) is 2.46. The maximum absolute atomic E-state index is 12.0. The fourth-order valence-electron chi connectivity index (χ4n) is 2.77. The summed E-state index contributed by atoms with van der Waals surface area (Å²) in [6.07, 6.45) is 4.45. The Hall–Kier alpha value is -1.35. The van der Waals surface area contributed by atoms with Crippen molar-refractivity contribution in [3.8, 4) is 0 Å². The molecule has 0 fully saturated rings. The third kappa shape index (κ3) is 4.56. The van der Waals surface area contributed by atoms with Crippen LogP contribution in [0.15, 0.2) is 42.5 Å². The van der Waals surface area contributed by atoms with Crippen molar-refractivity contribution in [3.63, 3.8) is 0 Å². The number of hydrogen-bond acceptors (Lipinski definition) is 2. The fraction of sp³-hybridized carbons (Fsp3) is 0.500. The zero-order valence-electron chi connectivity index (χ0n) is 14.1. The number of methoxy groups -OCH3 is 1. The van der Waals surface area contributed by atoms with Crippen molar-refractivity contribution in [1.29, 1.82) is 0 Å². The van der Waals surface area contributed by atoms with Crippen LogP contribution in [0.5, 0.6) is 0 Å². The monoisotopic (exact) mass is 304 g/mol. The summed E-state index contributed by atoms with van der Waals surface area (Å²) in [6.45, 7) is 11.0. The Morgan fingerprint density at radius 1 is 1.10 bits per heavy atom.